The maximum atomic E-state index is 12.1. The molecule has 0 atom stereocenters. The van der Waals surface area contributed by atoms with Crippen molar-refractivity contribution in [2.45, 2.75) is 38.5 Å². The average Bonchev–Trinajstić information content (AvgIpc) is 3.51. The van der Waals surface area contributed by atoms with Crippen molar-refractivity contribution in [3.05, 3.63) is 32.0 Å². The van der Waals surface area contributed by atoms with Crippen molar-refractivity contribution in [3.63, 3.8) is 0 Å². The van der Waals surface area contributed by atoms with E-state index in [1.165, 1.54) is 32.4 Å². The van der Waals surface area contributed by atoms with E-state index >= 15 is 0 Å². The van der Waals surface area contributed by atoms with Gasteiger partial charge in [0.1, 0.15) is 35.4 Å². The van der Waals surface area contributed by atoms with E-state index in [1.807, 2.05) is 0 Å². The van der Waals surface area contributed by atoms with Gasteiger partial charge in [-0.1, -0.05) is 0 Å². The van der Waals surface area contributed by atoms with Crippen LogP contribution >= 0.6 is 22.7 Å². The second-order valence-corrected chi connectivity index (χ2v) is 9.76. The summed E-state index contributed by atoms with van der Waals surface area (Å²) in [6.07, 6.45) is 5.80. The van der Waals surface area contributed by atoms with Crippen molar-refractivity contribution in [2.75, 3.05) is 37.1 Å². The van der Waals surface area contributed by atoms with Crippen LogP contribution in [-0.2, 0) is 44.7 Å². The SMILES string of the molecule is N#Cc1c(NC(=O)COCCOCC(=O)Nc2sc3c(c2C#N)CCC3)sc2c1CCC2. The zero-order chi connectivity index (χ0) is 22.5. The van der Waals surface area contributed by atoms with Crippen LogP contribution in [0.25, 0.3) is 0 Å². The molecule has 4 rings (SSSR count). The van der Waals surface area contributed by atoms with Crippen molar-refractivity contribution >= 4 is 44.5 Å². The monoisotopic (exact) mass is 470 g/mol. The molecule has 0 spiro atoms. The lowest BCUT2D eigenvalue weighted by molar-refractivity contribution is -0.124. The van der Waals surface area contributed by atoms with E-state index in [9.17, 15) is 20.1 Å². The van der Waals surface area contributed by atoms with E-state index in [0.717, 1.165) is 49.7 Å². The first kappa shape index (κ1) is 22.4. The van der Waals surface area contributed by atoms with Gasteiger partial charge in [0.2, 0.25) is 0 Å². The minimum Gasteiger partial charge on any atom is -0.369 e. The van der Waals surface area contributed by atoms with Crippen LogP contribution in [0.15, 0.2) is 0 Å². The Kier molecular flexibility index (Phi) is 7.18. The summed E-state index contributed by atoms with van der Waals surface area (Å²) in [5.41, 5.74) is 3.27. The number of anilines is 2. The molecule has 2 aromatic heterocycles. The zero-order valence-electron chi connectivity index (χ0n) is 17.4. The Morgan fingerprint density at radius 1 is 0.781 bits per heavy atom. The molecule has 2 amide bonds. The molecule has 10 heteroatoms. The van der Waals surface area contributed by atoms with Crippen molar-refractivity contribution in [1.29, 1.82) is 10.5 Å². The molecular formula is C22H22N4O4S2. The molecule has 0 unspecified atom stereocenters. The third-order valence-corrected chi connectivity index (χ3v) is 7.82. The fourth-order valence-corrected chi connectivity index (χ4v) is 6.51. The number of carbonyl (C=O) groups excluding carboxylic acids is 2. The second-order valence-electron chi connectivity index (χ2n) is 7.55. The number of carbonyl (C=O) groups is 2. The highest BCUT2D eigenvalue weighted by Gasteiger charge is 2.24. The van der Waals surface area contributed by atoms with Crippen molar-refractivity contribution < 1.29 is 19.1 Å². The van der Waals surface area contributed by atoms with Crippen LogP contribution in [0.3, 0.4) is 0 Å². The smallest absolute Gasteiger partial charge is 0.251 e. The van der Waals surface area contributed by atoms with Crippen molar-refractivity contribution in [2.24, 2.45) is 0 Å². The lowest BCUT2D eigenvalue weighted by Gasteiger charge is -2.07. The van der Waals surface area contributed by atoms with Gasteiger partial charge in [0.05, 0.1) is 24.3 Å². The lowest BCUT2D eigenvalue weighted by atomic mass is 10.1. The minimum atomic E-state index is -0.325. The molecule has 0 aliphatic heterocycles. The number of fused-ring (bicyclic) bond motifs is 2. The summed E-state index contributed by atoms with van der Waals surface area (Å²) in [5.74, 6) is -0.650. The second kappa shape index (κ2) is 10.2. The maximum Gasteiger partial charge on any atom is 0.251 e. The molecule has 2 N–H and O–H groups in total. The van der Waals surface area contributed by atoms with Gasteiger partial charge in [0, 0.05) is 9.75 Å². The highest BCUT2D eigenvalue weighted by Crippen LogP contribution is 2.39. The van der Waals surface area contributed by atoms with Gasteiger partial charge in [-0.05, 0) is 49.7 Å². The lowest BCUT2D eigenvalue weighted by Crippen LogP contribution is -2.22. The summed E-state index contributed by atoms with van der Waals surface area (Å²) in [5, 5.41) is 25.4. The fourth-order valence-electron chi connectivity index (χ4n) is 3.99. The van der Waals surface area contributed by atoms with Gasteiger partial charge in [-0.3, -0.25) is 9.59 Å². The average molecular weight is 471 g/mol. The first-order valence-corrected chi connectivity index (χ1v) is 12.1. The summed E-state index contributed by atoms with van der Waals surface area (Å²) in [6, 6.07) is 4.38. The number of rotatable bonds is 9. The molecule has 0 fully saturated rings. The third-order valence-electron chi connectivity index (χ3n) is 5.41. The molecular weight excluding hydrogens is 448 g/mol. The number of aryl methyl sites for hydroxylation is 2. The van der Waals surface area contributed by atoms with E-state index in [-0.39, 0.29) is 38.2 Å². The number of thiophene rings is 2. The standard InChI is InChI=1S/C22H22N4O4S2/c23-9-15-13-3-1-5-17(13)31-21(15)25-19(27)11-29-7-8-30-12-20(28)26-22-16(10-24)14-4-2-6-18(14)32-22/h1-8,11-12H2,(H,25,27)(H,26,28). The van der Waals surface area contributed by atoms with Crippen molar-refractivity contribution in [1.82, 2.24) is 0 Å². The summed E-state index contributed by atoms with van der Waals surface area (Å²) >= 11 is 2.93. The normalized spacial score (nSPS) is 13.8. The Labute approximate surface area is 193 Å². The largest absolute Gasteiger partial charge is 0.369 e. The van der Waals surface area contributed by atoms with Crippen LogP contribution in [0.5, 0.6) is 0 Å². The Balaban J connectivity index is 1.13. The summed E-state index contributed by atoms with van der Waals surface area (Å²) in [6.45, 7) is -0.00246. The number of nitrogens with one attached hydrogen (secondary N) is 2. The third kappa shape index (κ3) is 4.84. The van der Waals surface area contributed by atoms with Crippen LogP contribution < -0.4 is 10.6 Å². The number of hydrogen-bond acceptors (Lipinski definition) is 8. The van der Waals surface area contributed by atoms with Crippen LogP contribution in [0, 0.1) is 22.7 Å². The molecule has 2 heterocycles. The molecule has 0 saturated heterocycles. The van der Waals surface area contributed by atoms with Gasteiger partial charge < -0.3 is 20.1 Å². The van der Waals surface area contributed by atoms with E-state index in [2.05, 4.69) is 22.8 Å². The summed E-state index contributed by atoms with van der Waals surface area (Å²) in [4.78, 5) is 26.6. The molecule has 0 aromatic carbocycles. The topological polar surface area (TPSA) is 124 Å². The van der Waals surface area contributed by atoms with Gasteiger partial charge in [0.25, 0.3) is 11.8 Å². The molecule has 2 aromatic rings. The first-order chi connectivity index (χ1) is 15.6. The number of hydrogen-bond donors (Lipinski definition) is 2. The first-order valence-electron chi connectivity index (χ1n) is 10.4. The van der Waals surface area contributed by atoms with Gasteiger partial charge in [-0.25, -0.2) is 0 Å². The van der Waals surface area contributed by atoms with Crippen LogP contribution in [0.4, 0.5) is 10.0 Å². The number of nitrogens with zero attached hydrogens (tertiary/aromatic N) is 2. The predicted molar refractivity (Wildman–Crippen MR) is 121 cm³/mol. The van der Waals surface area contributed by atoms with E-state index in [0.29, 0.717) is 21.1 Å². The quantitative estimate of drug-likeness (QED) is 0.543. The van der Waals surface area contributed by atoms with E-state index < -0.39 is 0 Å². The molecule has 2 aliphatic rings. The molecule has 32 heavy (non-hydrogen) atoms. The van der Waals surface area contributed by atoms with E-state index in [1.54, 1.807) is 0 Å². The van der Waals surface area contributed by atoms with Gasteiger partial charge in [0.15, 0.2) is 0 Å². The number of amides is 2. The Hall–Kier alpha value is -2.76. The van der Waals surface area contributed by atoms with Crippen LogP contribution in [-0.4, -0.2) is 38.2 Å². The molecule has 0 radical (unpaired) electrons. The molecule has 2 aliphatic carbocycles. The zero-order valence-corrected chi connectivity index (χ0v) is 19.0. The van der Waals surface area contributed by atoms with Gasteiger partial charge in [-0.2, -0.15) is 10.5 Å². The molecule has 8 nitrogen and oxygen atoms in total. The number of nitriles is 2. The summed E-state index contributed by atoms with van der Waals surface area (Å²) in [7, 11) is 0. The predicted octanol–water partition coefficient (Wildman–Crippen LogP) is 3.14. The number of ether oxygens (including phenoxy) is 2. The van der Waals surface area contributed by atoms with Gasteiger partial charge >= 0.3 is 0 Å². The Morgan fingerprint density at radius 3 is 1.62 bits per heavy atom. The highest BCUT2D eigenvalue weighted by atomic mass is 32.1. The molecule has 0 saturated carbocycles. The molecule has 166 valence electrons. The summed E-state index contributed by atoms with van der Waals surface area (Å²) < 4.78 is 10.6. The van der Waals surface area contributed by atoms with Crippen LogP contribution in [0.2, 0.25) is 0 Å². The van der Waals surface area contributed by atoms with Crippen molar-refractivity contribution in [3.8, 4) is 12.1 Å². The minimum absolute atomic E-state index is 0.156. The Bertz CT molecular complexity index is 1030. The maximum absolute atomic E-state index is 12.1. The fraction of sp³-hybridized carbons (Fsp3) is 0.455. The van der Waals surface area contributed by atoms with Crippen LogP contribution in [0.1, 0.15) is 44.8 Å². The Morgan fingerprint density at radius 2 is 1.22 bits per heavy atom. The van der Waals surface area contributed by atoms with E-state index in [4.69, 9.17) is 9.47 Å². The molecule has 0 bridgehead atoms. The van der Waals surface area contributed by atoms with Gasteiger partial charge in [-0.15, -0.1) is 22.7 Å². The highest BCUT2D eigenvalue weighted by molar-refractivity contribution is 7.17.